The maximum Gasteiger partial charge on any atom is 0.0443 e. The van der Waals surface area contributed by atoms with Gasteiger partial charge in [0.15, 0.2) is 0 Å². The largest absolute Gasteiger partial charge is 0.396 e. The quantitative estimate of drug-likeness (QED) is 0.691. The molecule has 0 radical (unpaired) electrons. The lowest BCUT2D eigenvalue weighted by Crippen LogP contribution is -2.35. The summed E-state index contributed by atoms with van der Waals surface area (Å²) in [5, 5.41) is 8.77. The normalized spacial score (nSPS) is 27.5. The summed E-state index contributed by atoms with van der Waals surface area (Å²) >= 11 is 0. The molecule has 0 aromatic heterocycles. The Bertz CT molecular complexity index is 141. The average molecular weight is 186 g/mol. The molecule has 1 heterocycles. The van der Waals surface area contributed by atoms with Crippen molar-refractivity contribution in [3.8, 4) is 0 Å². The Hall–Kier alpha value is -0.120. The van der Waals surface area contributed by atoms with Gasteiger partial charge in [-0.05, 0) is 33.4 Å². The molecule has 1 fully saturated rings. The summed E-state index contributed by atoms with van der Waals surface area (Å²) in [6.45, 7) is 7.17. The van der Waals surface area contributed by atoms with E-state index in [4.69, 9.17) is 5.11 Å². The van der Waals surface area contributed by atoms with Gasteiger partial charge in [0.2, 0.25) is 0 Å². The van der Waals surface area contributed by atoms with E-state index < -0.39 is 0 Å². The molecule has 3 nitrogen and oxygen atoms in total. The molecule has 1 N–H and O–H groups in total. The van der Waals surface area contributed by atoms with Crippen molar-refractivity contribution in [2.45, 2.75) is 25.8 Å². The lowest BCUT2D eigenvalue weighted by atomic mass is 10.2. The predicted molar refractivity (Wildman–Crippen MR) is 54.9 cm³/mol. The van der Waals surface area contributed by atoms with Crippen molar-refractivity contribution in [1.82, 2.24) is 9.80 Å². The van der Waals surface area contributed by atoms with Crippen molar-refractivity contribution >= 4 is 0 Å². The highest BCUT2D eigenvalue weighted by atomic mass is 16.3. The van der Waals surface area contributed by atoms with Gasteiger partial charge in [-0.25, -0.2) is 0 Å². The fraction of sp³-hybridized carbons (Fsp3) is 1.00. The van der Waals surface area contributed by atoms with Crippen LogP contribution in [-0.2, 0) is 0 Å². The van der Waals surface area contributed by atoms with E-state index in [1.807, 2.05) is 0 Å². The van der Waals surface area contributed by atoms with Gasteiger partial charge in [-0.1, -0.05) is 0 Å². The summed E-state index contributed by atoms with van der Waals surface area (Å²) in [7, 11) is 2.18. The third-order valence-corrected chi connectivity index (χ3v) is 2.92. The van der Waals surface area contributed by atoms with E-state index in [0.29, 0.717) is 12.6 Å². The van der Waals surface area contributed by atoms with E-state index in [0.717, 1.165) is 26.1 Å². The van der Waals surface area contributed by atoms with E-state index in [-0.39, 0.29) is 0 Å². The van der Waals surface area contributed by atoms with Crippen LogP contribution in [0.5, 0.6) is 0 Å². The Kier molecular flexibility index (Phi) is 4.70. The van der Waals surface area contributed by atoms with Crippen LogP contribution in [-0.4, -0.2) is 60.8 Å². The monoisotopic (exact) mass is 186 g/mol. The molecule has 0 aromatic rings. The zero-order valence-electron chi connectivity index (χ0n) is 8.87. The molecule has 13 heavy (non-hydrogen) atoms. The van der Waals surface area contributed by atoms with Crippen LogP contribution < -0.4 is 0 Å². The molecule has 0 aromatic carbocycles. The summed E-state index contributed by atoms with van der Waals surface area (Å²) in [6, 6.07) is 0.677. The van der Waals surface area contributed by atoms with Crippen molar-refractivity contribution in [3.63, 3.8) is 0 Å². The number of aliphatic hydroxyl groups is 1. The third-order valence-electron chi connectivity index (χ3n) is 2.92. The van der Waals surface area contributed by atoms with Crippen LogP contribution in [0.15, 0.2) is 0 Å². The fourth-order valence-corrected chi connectivity index (χ4v) is 1.83. The van der Waals surface area contributed by atoms with Crippen LogP contribution in [0.4, 0.5) is 0 Å². The van der Waals surface area contributed by atoms with Gasteiger partial charge in [-0.2, -0.15) is 0 Å². The maximum atomic E-state index is 8.77. The maximum absolute atomic E-state index is 8.77. The minimum Gasteiger partial charge on any atom is -0.396 e. The number of nitrogens with zero attached hydrogens (tertiary/aromatic N) is 2. The highest BCUT2D eigenvalue weighted by Gasteiger charge is 2.17. The zero-order valence-corrected chi connectivity index (χ0v) is 8.87. The van der Waals surface area contributed by atoms with Crippen LogP contribution in [0.2, 0.25) is 0 Å². The van der Waals surface area contributed by atoms with Gasteiger partial charge in [-0.15, -0.1) is 0 Å². The molecule has 0 amide bonds. The number of rotatable bonds is 3. The Morgan fingerprint density at radius 3 is 2.77 bits per heavy atom. The van der Waals surface area contributed by atoms with E-state index in [1.54, 1.807) is 0 Å². The van der Waals surface area contributed by atoms with E-state index in [9.17, 15) is 0 Å². The van der Waals surface area contributed by atoms with E-state index >= 15 is 0 Å². The smallest absolute Gasteiger partial charge is 0.0443 e. The molecule has 1 aliphatic rings. The molecular formula is C10H22N2O. The molecule has 1 aliphatic heterocycles. The van der Waals surface area contributed by atoms with Crippen molar-refractivity contribution in [2.75, 3.05) is 39.8 Å². The molecule has 1 unspecified atom stereocenters. The number of aliphatic hydroxyl groups excluding tert-OH is 1. The highest BCUT2D eigenvalue weighted by molar-refractivity contribution is 4.74. The van der Waals surface area contributed by atoms with Crippen LogP contribution in [0.25, 0.3) is 0 Å². The van der Waals surface area contributed by atoms with Crippen LogP contribution in [0.3, 0.4) is 0 Å². The first kappa shape index (κ1) is 11.0. The molecule has 1 atom stereocenters. The van der Waals surface area contributed by atoms with Gasteiger partial charge in [0, 0.05) is 32.3 Å². The SMILES string of the molecule is CC1CCN(C)CCN1CCCO. The van der Waals surface area contributed by atoms with Crippen molar-refractivity contribution in [2.24, 2.45) is 0 Å². The Labute approximate surface area is 81.3 Å². The summed E-state index contributed by atoms with van der Waals surface area (Å²) < 4.78 is 0. The van der Waals surface area contributed by atoms with Crippen molar-refractivity contribution in [1.29, 1.82) is 0 Å². The third kappa shape index (κ3) is 3.63. The predicted octanol–water partition coefficient (Wildman–Crippen LogP) is 0.395. The first-order valence-corrected chi connectivity index (χ1v) is 5.27. The molecule has 78 valence electrons. The molecule has 0 bridgehead atoms. The lowest BCUT2D eigenvalue weighted by Gasteiger charge is -2.25. The Balaban J connectivity index is 2.33. The first-order valence-electron chi connectivity index (χ1n) is 5.27. The molecular weight excluding hydrogens is 164 g/mol. The lowest BCUT2D eigenvalue weighted by molar-refractivity contribution is 0.189. The van der Waals surface area contributed by atoms with Gasteiger partial charge < -0.3 is 10.0 Å². The van der Waals surface area contributed by atoms with E-state index in [2.05, 4.69) is 23.8 Å². The molecule has 3 heteroatoms. The van der Waals surface area contributed by atoms with Crippen LogP contribution in [0, 0.1) is 0 Å². The van der Waals surface area contributed by atoms with E-state index in [1.165, 1.54) is 13.0 Å². The fourth-order valence-electron chi connectivity index (χ4n) is 1.83. The van der Waals surface area contributed by atoms with Crippen LogP contribution in [0.1, 0.15) is 19.8 Å². The number of likely N-dealkylation sites (N-methyl/N-ethyl adjacent to an activating group) is 1. The van der Waals surface area contributed by atoms with Gasteiger partial charge >= 0.3 is 0 Å². The summed E-state index contributed by atoms with van der Waals surface area (Å²) in [4.78, 5) is 4.87. The molecule has 1 saturated heterocycles. The molecule has 0 saturated carbocycles. The highest BCUT2D eigenvalue weighted by Crippen LogP contribution is 2.09. The minimum absolute atomic E-state index is 0.319. The summed E-state index contributed by atoms with van der Waals surface area (Å²) in [5.41, 5.74) is 0. The summed E-state index contributed by atoms with van der Waals surface area (Å²) in [5.74, 6) is 0. The average Bonchev–Trinajstić information content (AvgIpc) is 2.28. The van der Waals surface area contributed by atoms with Gasteiger partial charge in [0.25, 0.3) is 0 Å². The van der Waals surface area contributed by atoms with Crippen molar-refractivity contribution < 1.29 is 5.11 Å². The Morgan fingerprint density at radius 2 is 2.08 bits per heavy atom. The summed E-state index contributed by atoms with van der Waals surface area (Å²) in [6.07, 6.45) is 2.16. The Morgan fingerprint density at radius 1 is 1.31 bits per heavy atom. The number of hydrogen-bond acceptors (Lipinski definition) is 3. The minimum atomic E-state index is 0.319. The van der Waals surface area contributed by atoms with Crippen LogP contribution >= 0.6 is 0 Å². The second-order valence-electron chi connectivity index (χ2n) is 4.05. The molecule has 0 spiro atoms. The van der Waals surface area contributed by atoms with Gasteiger partial charge in [0.05, 0.1) is 0 Å². The number of hydrogen-bond donors (Lipinski definition) is 1. The first-order chi connectivity index (χ1) is 6.24. The van der Waals surface area contributed by atoms with Crippen molar-refractivity contribution in [3.05, 3.63) is 0 Å². The molecule has 1 rings (SSSR count). The second-order valence-corrected chi connectivity index (χ2v) is 4.05. The second kappa shape index (κ2) is 5.58. The van der Waals surface area contributed by atoms with Gasteiger partial charge in [0.1, 0.15) is 0 Å². The standard InChI is InChI=1S/C10H22N2O/c1-10-4-6-11(2)7-8-12(10)5-3-9-13/h10,13H,3-9H2,1-2H3. The zero-order chi connectivity index (χ0) is 9.68. The molecule has 0 aliphatic carbocycles. The topological polar surface area (TPSA) is 26.7 Å². The van der Waals surface area contributed by atoms with Gasteiger partial charge in [-0.3, -0.25) is 4.90 Å².